The molecule has 0 fully saturated rings. The molecular weight excluding hydrogens is 348 g/mol. The van der Waals surface area contributed by atoms with E-state index in [1.807, 2.05) is 0 Å². The van der Waals surface area contributed by atoms with E-state index in [4.69, 9.17) is 9.47 Å². The van der Waals surface area contributed by atoms with Crippen LogP contribution in [-0.4, -0.2) is 38.9 Å². The quantitative estimate of drug-likeness (QED) is 0.551. The molecule has 25 heavy (non-hydrogen) atoms. The van der Waals surface area contributed by atoms with Crippen LogP contribution in [-0.2, 0) is 16.6 Å². The molecule has 0 saturated heterocycles. The minimum atomic E-state index is -4.06. The summed E-state index contributed by atoms with van der Waals surface area (Å²) in [6.07, 6.45) is 0. The fraction of sp³-hybridized carbons (Fsp3) is 0.250. The number of sulfonamides is 1. The molecule has 2 aromatic carbocycles. The molecule has 0 aliphatic carbocycles. The Morgan fingerprint density at radius 2 is 1.80 bits per heavy atom. The van der Waals surface area contributed by atoms with Crippen molar-refractivity contribution in [3.63, 3.8) is 0 Å². The SMILES string of the molecule is COc1ccc(OC)c(CN(C)S(=O)(=O)c2ccccc2[N+](=O)[O-])c1. The van der Waals surface area contributed by atoms with Gasteiger partial charge in [0, 0.05) is 25.2 Å². The number of hydrogen-bond acceptors (Lipinski definition) is 6. The van der Waals surface area contributed by atoms with Gasteiger partial charge in [0.15, 0.2) is 4.90 Å². The third kappa shape index (κ3) is 3.89. The zero-order valence-corrected chi connectivity index (χ0v) is 14.8. The summed E-state index contributed by atoms with van der Waals surface area (Å²) in [4.78, 5) is 10.0. The average molecular weight is 366 g/mol. The maximum Gasteiger partial charge on any atom is 0.289 e. The van der Waals surface area contributed by atoms with E-state index in [-0.39, 0.29) is 11.4 Å². The van der Waals surface area contributed by atoms with E-state index in [1.54, 1.807) is 18.2 Å². The predicted octanol–water partition coefficient (Wildman–Crippen LogP) is 2.43. The molecule has 0 aromatic heterocycles. The Morgan fingerprint density at radius 3 is 2.40 bits per heavy atom. The molecule has 2 rings (SSSR count). The van der Waals surface area contributed by atoms with Crippen LogP contribution in [0.4, 0.5) is 5.69 Å². The fourth-order valence-corrected chi connectivity index (χ4v) is 3.63. The first kappa shape index (κ1) is 18.7. The van der Waals surface area contributed by atoms with Crippen LogP contribution in [0.3, 0.4) is 0 Å². The van der Waals surface area contributed by atoms with Crippen LogP contribution in [0, 0.1) is 10.1 Å². The Balaban J connectivity index is 2.41. The van der Waals surface area contributed by atoms with Gasteiger partial charge in [-0.05, 0) is 24.3 Å². The topological polar surface area (TPSA) is 99.0 Å². The van der Waals surface area contributed by atoms with Gasteiger partial charge in [-0.25, -0.2) is 8.42 Å². The number of rotatable bonds is 7. The largest absolute Gasteiger partial charge is 0.497 e. The summed E-state index contributed by atoms with van der Waals surface area (Å²) in [5, 5.41) is 11.1. The van der Waals surface area contributed by atoms with Gasteiger partial charge in [0.1, 0.15) is 11.5 Å². The smallest absolute Gasteiger partial charge is 0.289 e. The van der Waals surface area contributed by atoms with Crippen LogP contribution in [0.25, 0.3) is 0 Å². The Morgan fingerprint density at radius 1 is 1.12 bits per heavy atom. The van der Waals surface area contributed by atoms with Gasteiger partial charge < -0.3 is 9.47 Å². The molecule has 0 spiro atoms. The van der Waals surface area contributed by atoms with Crippen LogP contribution in [0.2, 0.25) is 0 Å². The van der Waals surface area contributed by atoms with Crippen molar-refractivity contribution < 1.29 is 22.8 Å². The van der Waals surface area contributed by atoms with Gasteiger partial charge in [-0.3, -0.25) is 10.1 Å². The van der Waals surface area contributed by atoms with Gasteiger partial charge in [-0.1, -0.05) is 12.1 Å². The highest BCUT2D eigenvalue weighted by molar-refractivity contribution is 7.89. The predicted molar refractivity (Wildman–Crippen MR) is 91.3 cm³/mol. The van der Waals surface area contributed by atoms with E-state index >= 15 is 0 Å². The number of nitro groups is 1. The second-order valence-electron chi connectivity index (χ2n) is 5.16. The van der Waals surface area contributed by atoms with Gasteiger partial charge >= 0.3 is 0 Å². The molecule has 0 bridgehead atoms. The molecule has 0 atom stereocenters. The molecule has 134 valence electrons. The standard InChI is InChI=1S/C16H18N2O6S/c1-17(11-12-10-13(23-2)8-9-15(12)24-3)25(21,22)16-7-5-4-6-14(16)18(19)20/h4-10H,11H2,1-3H3. The van der Waals surface area contributed by atoms with E-state index in [9.17, 15) is 18.5 Å². The van der Waals surface area contributed by atoms with Crippen molar-refractivity contribution in [3.8, 4) is 11.5 Å². The lowest BCUT2D eigenvalue weighted by Crippen LogP contribution is -2.27. The van der Waals surface area contributed by atoms with Crippen molar-refractivity contribution in [2.75, 3.05) is 21.3 Å². The number of hydrogen-bond donors (Lipinski definition) is 0. The molecule has 0 amide bonds. The zero-order chi connectivity index (χ0) is 18.6. The zero-order valence-electron chi connectivity index (χ0n) is 14.0. The van der Waals surface area contributed by atoms with E-state index in [2.05, 4.69) is 0 Å². The van der Waals surface area contributed by atoms with Crippen molar-refractivity contribution in [3.05, 3.63) is 58.1 Å². The molecule has 0 radical (unpaired) electrons. The summed E-state index contributed by atoms with van der Waals surface area (Å²) in [6.45, 7) is -0.0330. The molecule has 0 unspecified atom stereocenters. The minimum Gasteiger partial charge on any atom is -0.497 e. The monoisotopic (exact) mass is 366 g/mol. The molecule has 2 aromatic rings. The van der Waals surface area contributed by atoms with Gasteiger partial charge in [-0.15, -0.1) is 0 Å². The van der Waals surface area contributed by atoms with Crippen LogP contribution in [0.1, 0.15) is 5.56 Å². The highest BCUT2D eigenvalue weighted by Gasteiger charge is 2.29. The summed E-state index contributed by atoms with van der Waals surface area (Å²) >= 11 is 0. The molecule has 8 nitrogen and oxygen atoms in total. The third-order valence-electron chi connectivity index (χ3n) is 3.63. The Hall–Kier alpha value is -2.65. The molecule has 0 heterocycles. The highest BCUT2D eigenvalue weighted by Crippen LogP contribution is 2.29. The molecule has 0 aliphatic heterocycles. The van der Waals surface area contributed by atoms with Crippen molar-refractivity contribution >= 4 is 15.7 Å². The summed E-state index contributed by atoms with van der Waals surface area (Å²) in [7, 11) is 0.263. The summed E-state index contributed by atoms with van der Waals surface area (Å²) in [5.41, 5.74) is 0.110. The number of para-hydroxylation sites is 1. The van der Waals surface area contributed by atoms with Gasteiger partial charge in [-0.2, -0.15) is 4.31 Å². The molecule has 0 saturated carbocycles. The third-order valence-corrected chi connectivity index (χ3v) is 5.48. The first-order chi connectivity index (χ1) is 11.8. The summed E-state index contributed by atoms with van der Waals surface area (Å²) < 4.78 is 36.9. The van der Waals surface area contributed by atoms with E-state index < -0.39 is 20.6 Å². The maximum absolute atomic E-state index is 12.8. The molecular formula is C16H18N2O6S. The first-order valence-electron chi connectivity index (χ1n) is 7.22. The van der Waals surface area contributed by atoms with E-state index in [0.717, 1.165) is 10.4 Å². The minimum absolute atomic E-state index is 0.0330. The van der Waals surface area contributed by atoms with Crippen molar-refractivity contribution in [2.24, 2.45) is 0 Å². The van der Waals surface area contributed by atoms with Gasteiger partial charge in [0.2, 0.25) is 10.0 Å². The number of nitrogens with zero attached hydrogens (tertiary/aromatic N) is 2. The van der Waals surface area contributed by atoms with E-state index in [0.29, 0.717) is 17.1 Å². The number of benzene rings is 2. The van der Waals surface area contributed by atoms with Crippen LogP contribution in [0.15, 0.2) is 47.4 Å². The van der Waals surface area contributed by atoms with Gasteiger partial charge in [0.25, 0.3) is 5.69 Å². The van der Waals surface area contributed by atoms with Crippen LogP contribution < -0.4 is 9.47 Å². The maximum atomic E-state index is 12.8. The second kappa shape index (κ2) is 7.49. The molecule has 0 N–H and O–H groups in total. The summed E-state index contributed by atoms with van der Waals surface area (Å²) in [6, 6.07) is 10.3. The Bertz CT molecular complexity index is 882. The molecule has 0 aliphatic rings. The highest BCUT2D eigenvalue weighted by atomic mass is 32.2. The lowest BCUT2D eigenvalue weighted by Gasteiger charge is -2.19. The lowest BCUT2D eigenvalue weighted by molar-refractivity contribution is -0.387. The normalized spacial score (nSPS) is 11.4. The molecule has 9 heteroatoms. The Labute approximate surface area is 145 Å². The van der Waals surface area contributed by atoms with Gasteiger partial charge in [0.05, 0.1) is 19.1 Å². The number of nitro benzene ring substituents is 1. The van der Waals surface area contributed by atoms with Crippen LogP contribution >= 0.6 is 0 Å². The van der Waals surface area contributed by atoms with Crippen molar-refractivity contribution in [2.45, 2.75) is 11.4 Å². The van der Waals surface area contributed by atoms with E-state index in [1.165, 1.54) is 39.5 Å². The fourth-order valence-electron chi connectivity index (χ4n) is 2.32. The number of ether oxygens (including phenoxy) is 2. The second-order valence-corrected chi connectivity index (χ2v) is 7.18. The van der Waals surface area contributed by atoms with Crippen molar-refractivity contribution in [1.82, 2.24) is 4.31 Å². The number of methoxy groups -OCH3 is 2. The first-order valence-corrected chi connectivity index (χ1v) is 8.66. The lowest BCUT2D eigenvalue weighted by atomic mass is 10.2. The Kier molecular flexibility index (Phi) is 5.60. The summed E-state index contributed by atoms with van der Waals surface area (Å²) in [5.74, 6) is 1.04. The van der Waals surface area contributed by atoms with Crippen molar-refractivity contribution in [1.29, 1.82) is 0 Å². The van der Waals surface area contributed by atoms with Crippen LogP contribution in [0.5, 0.6) is 11.5 Å². The average Bonchev–Trinajstić information content (AvgIpc) is 2.61.